The third kappa shape index (κ3) is 4.59. The first-order valence-corrected chi connectivity index (χ1v) is 7.92. The zero-order chi connectivity index (χ0) is 13.5. The van der Waals surface area contributed by atoms with Gasteiger partial charge in [-0.1, -0.05) is 22.9 Å². The van der Waals surface area contributed by atoms with Crippen LogP contribution in [0.25, 0.3) is 0 Å². The van der Waals surface area contributed by atoms with Crippen LogP contribution in [0, 0.1) is 10.1 Å². The van der Waals surface area contributed by atoms with Crippen LogP contribution in [0.1, 0.15) is 18.9 Å². The van der Waals surface area contributed by atoms with Gasteiger partial charge >= 0.3 is 0 Å². The van der Waals surface area contributed by atoms with Gasteiger partial charge in [0.2, 0.25) is 0 Å². The van der Waals surface area contributed by atoms with E-state index >= 15 is 0 Å². The third-order valence-electron chi connectivity index (χ3n) is 2.68. The highest BCUT2D eigenvalue weighted by Crippen LogP contribution is 2.23. The van der Waals surface area contributed by atoms with Crippen LogP contribution >= 0.6 is 27.7 Å². The Kier molecular flexibility index (Phi) is 6.67. The Morgan fingerprint density at radius 1 is 1.56 bits per heavy atom. The van der Waals surface area contributed by atoms with E-state index in [4.69, 9.17) is 0 Å². The molecule has 1 N–H and O–H groups in total. The largest absolute Gasteiger partial charge is 0.309 e. The molecular formula is C12H17BrN2O2S. The fourth-order valence-corrected chi connectivity index (χ4v) is 2.81. The minimum absolute atomic E-state index is 0.171. The predicted molar refractivity (Wildman–Crippen MR) is 80.1 cm³/mol. The summed E-state index contributed by atoms with van der Waals surface area (Å²) in [7, 11) is 0. The maximum absolute atomic E-state index is 10.9. The average Bonchev–Trinajstić information content (AvgIpc) is 2.34. The Hall–Kier alpha value is -0.590. The Labute approximate surface area is 120 Å². The van der Waals surface area contributed by atoms with E-state index in [-0.39, 0.29) is 10.6 Å². The predicted octanol–water partition coefficient (Wildman–Crippen LogP) is 3.59. The summed E-state index contributed by atoms with van der Waals surface area (Å²) in [5.41, 5.74) is 0.888. The lowest BCUT2D eigenvalue weighted by atomic mass is 10.1. The first-order chi connectivity index (χ1) is 8.58. The van der Waals surface area contributed by atoms with Crippen molar-refractivity contribution in [3.8, 4) is 0 Å². The molecule has 0 saturated carbocycles. The molecule has 1 aromatic carbocycles. The van der Waals surface area contributed by atoms with Gasteiger partial charge in [0, 0.05) is 34.4 Å². The molecule has 1 atom stereocenters. The van der Waals surface area contributed by atoms with Crippen LogP contribution in [0.2, 0.25) is 0 Å². The van der Waals surface area contributed by atoms with Crippen molar-refractivity contribution in [3.63, 3.8) is 0 Å². The third-order valence-corrected chi connectivity index (χ3v) is 3.91. The van der Waals surface area contributed by atoms with Crippen LogP contribution in [0.5, 0.6) is 0 Å². The normalized spacial score (nSPS) is 12.4. The molecule has 6 heteroatoms. The summed E-state index contributed by atoms with van der Waals surface area (Å²) >= 11 is 5.12. The van der Waals surface area contributed by atoms with Crippen molar-refractivity contribution >= 4 is 33.4 Å². The lowest BCUT2D eigenvalue weighted by Crippen LogP contribution is -2.30. The lowest BCUT2D eigenvalue weighted by Gasteiger charge is -2.15. The van der Waals surface area contributed by atoms with Crippen molar-refractivity contribution in [1.82, 2.24) is 5.32 Å². The molecule has 0 aromatic heterocycles. The second-order valence-electron chi connectivity index (χ2n) is 3.97. The van der Waals surface area contributed by atoms with Crippen molar-refractivity contribution < 1.29 is 4.92 Å². The van der Waals surface area contributed by atoms with Gasteiger partial charge in [-0.2, -0.15) is 11.8 Å². The lowest BCUT2D eigenvalue weighted by molar-refractivity contribution is -0.385. The smallest absolute Gasteiger partial charge is 0.273 e. The summed E-state index contributed by atoms with van der Waals surface area (Å²) in [5.74, 6) is 1.01. The number of nitro groups is 1. The summed E-state index contributed by atoms with van der Waals surface area (Å²) in [5, 5.41) is 14.3. The number of benzene rings is 1. The molecule has 0 radical (unpaired) electrons. The van der Waals surface area contributed by atoms with Crippen molar-refractivity contribution in [1.29, 1.82) is 0 Å². The van der Waals surface area contributed by atoms with Gasteiger partial charge < -0.3 is 5.32 Å². The molecule has 0 aliphatic carbocycles. The van der Waals surface area contributed by atoms with E-state index in [9.17, 15) is 10.1 Å². The highest BCUT2D eigenvalue weighted by molar-refractivity contribution is 9.10. The monoisotopic (exact) mass is 332 g/mol. The van der Waals surface area contributed by atoms with Crippen molar-refractivity contribution in [2.45, 2.75) is 25.9 Å². The molecule has 0 bridgehead atoms. The van der Waals surface area contributed by atoms with E-state index in [2.05, 4.69) is 34.4 Å². The minimum Gasteiger partial charge on any atom is -0.309 e. The maximum Gasteiger partial charge on any atom is 0.273 e. The first kappa shape index (κ1) is 15.5. The molecule has 0 aliphatic rings. The number of hydrogen-bond acceptors (Lipinski definition) is 4. The van der Waals surface area contributed by atoms with Gasteiger partial charge in [-0.05, 0) is 24.8 Å². The molecular weight excluding hydrogens is 316 g/mol. The second-order valence-corrected chi connectivity index (χ2v) is 5.80. The van der Waals surface area contributed by atoms with E-state index in [1.54, 1.807) is 23.9 Å². The quantitative estimate of drug-likeness (QED) is 0.612. The van der Waals surface area contributed by atoms with Crippen LogP contribution < -0.4 is 5.32 Å². The molecule has 1 unspecified atom stereocenters. The molecule has 0 heterocycles. The highest BCUT2D eigenvalue weighted by atomic mass is 79.9. The number of nitrogens with one attached hydrogen (secondary N) is 1. The first-order valence-electron chi connectivity index (χ1n) is 5.73. The van der Waals surface area contributed by atoms with Gasteiger partial charge in [0.25, 0.3) is 5.69 Å². The van der Waals surface area contributed by atoms with Gasteiger partial charge in [0.05, 0.1) is 4.92 Å². The number of rotatable bonds is 7. The van der Waals surface area contributed by atoms with Crippen LogP contribution in [0.4, 0.5) is 5.69 Å². The molecule has 100 valence electrons. The van der Waals surface area contributed by atoms with Crippen LogP contribution in [0.15, 0.2) is 22.7 Å². The zero-order valence-electron chi connectivity index (χ0n) is 10.5. The number of nitro benzene ring substituents is 1. The van der Waals surface area contributed by atoms with Crippen LogP contribution in [-0.2, 0) is 6.54 Å². The van der Waals surface area contributed by atoms with Gasteiger partial charge in [0.15, 0.2) is 0 Å². The summed E-state index contributed by atoms with van der Waals surface area (Å²) < 4.78 is 0.864. The van der Waals surface area contributed by atoms with E-state index in [1.165, 1.54) is 6.07 Å². The Morgan fingerprint density at radius 3 is 2.83 bits per heavy atom. The van der Waals surface area contributed by atoms with Gasteiger partial charge in [-0.3, -0.25) is 10.1 Å². The van der Waals surface area contributed by atoms with Crippen molar-refractivity contribution in [2.75, 3.05) is 12.0 Å². The summed E-state index contributed by atoms with van der Waals surface area (Å²) in [4.78, 5) is 10.6. The Balaban J connectivity index is 2.76. The zero-order valence-corrected chi connectivity index (χ0v) is 12.9. The standard InChI is InChI=1S/C12H17BrN2O2S/c1-3-11(8-18-2)14-7-9-6-10(13)4-5-12(9)15(16)17/h4-6,11,14H,3,7-8H2,1-2H3. The summed E-state index contributed by atoms with van der Waals surface area (Å²) in [6.45, 7) is 2.64. The van der Waals surface area contributed by atoms with Gasteiger partial charge in [-0.25, -0.2) is 0 Å². The topological polar surface area (TPSA) is 55.2 Å². The maximum atomic E-state index is 10.9. The highest BCUT2D eigenvalue weighted by Gasteiger charge is 2.14. The van der Waals surface area contributed by atoms with Crippen LogP contribution in [-0.4, -0.2) is 23.0 Å². The molecule has 0 fully saturated rings. The molecule has 1 aromatic rings. The fraction of sp³-hybridized carbons (Fsp3) is 0.500. The van der Waals surface area contributed by atoms with Gasteiger partial charge in [0.1, 0.15) is 0 Å². The van der Waals surface area contributed by atoms with Crippen molar-refractivity contribution in [2.24, 2.45) is 0 Å². The molecule has 0 amide bonds. The fourth-order valence-electron chi connectivity index (χ4n) is 1.65. The number of hydrogen-bond donors (Lipinski definition) is 1. The van der Waals surface area contributed by atoms with Gasteiger partial charge in [-0.15, -0.1) is 0 Å². The van der Waals surface area contributed by atoms with Crippen LogP contribution in [0.3, 0.4) is 0 Å². The molecule has 4 nitrogen and oxygen atoms in total. The Bertz CT molecular complexity index is 415. The number of halogens is 1. The number of thioether (sulfide) groups is 1. The molecule has 0 spiro atoms. The summed E-state index contributed by atoms with van der Waals surface area (Å²) in [6, 6.07) is 5.42. The molecule has 18 heavy (non-hydrogen) atoms. The molecule has 1 rings (SSSR count). The Morgan fingerprint density at radius 2 is 2.28 bits per heavy atom. The van der Waals surface area contributed by atoms with E-state index in [0.29, 0.717) is 18.2 Å². The molecule has 0 aliphatic heterocycles. The van der Waals surface area contributed by atoms with E-state index < -0.39 is 0 Å². The number of nitrogens with zero attached hydrogens (tertiary/aromatic N) is 1. The summed E-state index contributed by atoms with van der Waals surface area (Å²) in [6.07, 6.45) is 3.08. The average molecular weight is 333 g/mol. The second kappa shape index (κ2) is 7.76. The molecule has 0 saturated heterocycles. The van der Waals surface area contributed by atoms with E-state index in [1.807, 2.05) is 0 Å². The van der Waals surface area contributed by atoms with E-state index in [0.717, 1.165) is 16.6 Å². The van der Waals surface area contributed by atoms with Crippen molar-refractivity contribution in [3.05, 3.63) is 38.3 Å². The SMILES string of the molecule is CCC(CSC)NCc1cc(Br)ccc1[N+](=O)[O-]. The minimum atomic E-state index is -0.334.